The molecule has 2 aromatic rings. The molecule has 2 aliphatic heterocycles. The van der Waals surface area contributed by atoms with Crippen molar-refractivity contribution in [2.24, 2.45) is 4.99 Å². The maximum atomic E-state index is 13.0. The summed E-state index contributed by atoms with van der Waals surface area (Å²) in [6.45, 7) is 2.17. The molecule has 0 unspecified atom stereocenters. The van der Waals surface area contributed by atoms with Crippen LogP contribution in [0, 0.1) is 0 Å². The monoisotopic (exact) mass is 477 g/mol. The number of amidine groups is 1. The zero-order valence-electron chi connectivity index (χ0n) is 17.0. The van der Waals surface area contributed by atoms with Crippen molar-refractivity contribution in [3.63, 3.8) is 0 Å². The molecular weight excluding hydrogens is 454 g/mol. The Balaban J connectivity index is 1.44. The number of hydrogen-bond donors (Lipinski definition) is 0. The summed E-state index contributed by atoms with van der Waals surface area (Å²) in [7, 11) is -3.51. The van der Waals surface area contributed by atoms with Crippen LogP contribution in [0.2, 0.25) is 5.02 Å². The summed E-state index contributed by atoms with van der Waals surface area (Å²) in [6, 6.07) is 13.9. The number of benzene rings is 2. The number of nitrogens with zero attached hydrogens (tertiary/aromatic N) is 3. The molecule has 164 valence electrons. The van der Waals surface area contributed by atoms with Crippen molar-refractivity contribution < 1.29 is 13.2 Å². The predicted octanol–water partition coefficient (Wildman–Crippen LogP) is 4.26. The molecule has 2 aliphatic rings. The average molecular weight is 478 g/mol. The Labute approximate surface area is 192 Å². The molecule has 0 saturated carbocycles. The van der Waals surface area contributed by atoms with E-state index < -0.39 is 10.0 Å². The maximum Gasteiger partial charge on any atom is 0.259 e. The molecule has 0 aromatic heterocycles. The van der Waals surface area contributed by atoms with Gasteiger partial charge in [-0.1, -0.05) is 48.0 Å². The highest BCUT2D eigenvalue weighted by molar-refractivity contribution is 8.13. The Morgan fingerprint density at radius 3 is 2.42 bits per heavy atom. The minimum absolute atomic E-state index is 0.176. The van der Waals surface area contributed by atoms with E-state index in [4.69, 9.17) is 11.6 Å². The summed E-state index contributed by atoms with van der Waals surface area (Å²) in [4.78, 5) is 19.4. The molecule has 1 amide bonds. The van der Waals surface area contributed by atoms with E-state index in [2.05, 4.69) is 4.99 Å². The number of thioether (sulfide) groups is 1. The van der Waals surface area contributed by atoms with E-state index in [1.807, 2.05) is 24.3 Å². The van der Waals surface area contributed by atoms with Crippen molar-refractivity contribution in [2.75, 3.05) is 26.2 Å². The van der Waals surface area contributed by atoms with Crippen molar-refractivity contribution in [3.8, 4) is 0 Å². The average Bonchev–Trinajstić information content (AvgIpc) is 3.27. The molecule has 31 heavy (non-hydrogen) atoms. The number of hydrogen-bond acceptors (Lipinski definition) is 5. The van der Waals surface area contributed by atoms with Gasteiger partial charge in [0, 0.05) is 36.0 Å². The van der Waals surface area contributed by atoms with E-state index >= 15 is 0 Å². The molecule has 0 bridgehead atoms. The zero-order valence-corrected chi connectivity index (χ0v) is 19.4. The van der Waals surface area contributed by atoms with Crippen LogP contribution in [-0.4, -0.2) is 54.9 Å². The van der Waals surface area contributed by atoms with E-state index in [0.717, 1.165) is 24.8 Å². The Kier molecular flexibility index (Phi) is 7.01. The molecule has 6 nitrogen and oxygen atoms in total. The van der Waals surface area contributed by atoms with Crippen LogP contribution < -0.4 is 0 Å². The van der Waals surface area contributed by atoms with Crippen molar-refractivity contribution in [3.05, 3.63) is 64.7 Å². The molecule has 0 N–H and O–H groups in total. The van der Waals surface area contributed by atoms with Gasteiger partial charge < -0.3 is 0 Å². The maximum absolute atomic E-state index is 13.0. The number of sulfonamides is 1. The number of amides is 1. The first-order valence-electron chi connectivity index (χ1n) is 10.3. The molecule has 9 heteroatoms. The summed E-state index contributed by atoms with van der Waals surface area (Å²) >= 11 is 7.70. The zero-order chi connectivity index (χ0) is 21.8. The Morgan fingerprint density at radius 2 is 1.71 bits per heavy atom. The lowest BCUT2D eigenvalue weighted by molar-refractivity contribution is 0.0860. The van der Waals surface area contributed by atoms with E-state index in [9.17, 15) is 13.2 Å². The fraction of sp³-hybridized carbons (Fsp3) is 0.364. The van der Waals surface area contributed by atoms with Gasteiger partial charge in [0.05, 0.1) is 11.4 Å². The Bertz CT molecular complexity index is 1080. The highest BCUT2D eigenvalue weighted by Gasteiger charge is 2.28. The first-order chi connectivity index (χ1) is 15.0. The number of piperidine rings is 1. The van der Waals surface area contributed by atoms with Gasteiger partial charge in [-0.25, -0.2) is 8.42 Å². The van der Waals surface area contributed by atoms with Crippen molar-refractivity contribution in [1.29, 1.82) is 0 Å². The smallest absolute Gasteiger partial charge is 0.259 e. The van der Waals surface area contributed by atoms with Crippen LogP contribution in [0.1, 0.15) is 35.2 Å². The van der Waals surface area contributed by atoms with Gasteiger partial charge in [0.2, 0.25) is 10.0 Å². The Morgan fingerprint density at radius 1 is 1.00 bits per heavy atom. The van der Waals surface area contributed by atoms with E-state index in [0.29, 0.717) is 47.7 Å². The summed E-state index contributed by atoms with van der Waals surface area (Å²) in [5.41, 5.74) is 1.44. The van der Waals surface area contributed by atoms with Crippen molar-refractivity contribution in [2.45, 2.75) is 29.9 Å². The van der Waals surface area contributed by atoms with Gasteiger partial charge in [-0.05, 0) is 48.7 Å². The van der Waals surface area contributed by atoms with Gasteiger partial charge >= 0.3 is 0 Å². The lowest BCUT2D eigenvalue weighted by atomic mass is 10.2. The molecule has 0 spiro atoms. The standard InChI is InChI=1S/C22H24ClN3O3S2/c23-20-7-3-2-6-18(20)16-30-22-24-12-15-26(22)21(27)17-8-10-19(11-9-17)31(28,29)25-13-4-1-5-14-25/h2-3,6-11H,1,4-5,12-16H2. The number of carbonyl (C=O) groups is 1. The first-order valence-corrected chi connectivity index (χ1v) is 13.1. The van der Waals surface area contributed by atoms with Crippen LogP contribution in [-0.2, 0) is 15.8 Å². The van der Waals surface area contributed by atoms with Gasteiger partial charge in [0.15, 0.2) is 5.17 Å². The summed E-state index contributed by atoms with van der Waals surface area (Å²) in [5, 5.41) is 1.35. The number of halogens is 1. The molecule has 1 saturated heterocycles. The highest BCUT2D eigenvalue weighted by Crippen LogP contribution is 2.26. The highest BCUT2D eigenvalue weighted by atomic mass is 35.5. The first kappa shape index (κ1) is 22.3. The molecule has 0 radical (unpaired) electrons. The lowest BCUT2D eigenvalue weighted by Crippen LogP contribution is -2.35. The van der Waals surface area contributed by atoms with E-state index in [1.165, 1.54) is 28.2 Å². The number of rotatable bonds is 5. The molecule has 0 atom stereocenters. The fourth-order valence-electron chi connectivity index (χ4n) is 3.68. The minimum Gasteiger partial charge on any atom is -0.286 e. The number of aliphatic imine (C=N–C) groups is 1. The van der Waals surface area contributed by atoms with Crippen LogP contribution in [0.4, 0.5) is 0 Å². The lowest BCUT2D eigenvalue weighted by Gasteiger charge is -2.26. The summed E-state index contributed by atoms with van der Waals surface area (Å²) < 4.78 is 27.2. The molecule has 2 aromatic carbocycles. The normalized spacial score (nSPS) is 17.6. The minimum atomic E-state index is -3.51. The third kappa shape index (κ3) is 4.98. The van der Waals surface area contributed by atoms with Gasteiger partial charge in [0.1, 0.15) is 0 Å². The van der Waals surface area contributed by atoms with Crippen LogP contribution >= 0.6 is 23.4 Å². The topological polar surface area (TPSA) is 70.1 Å². The van der Waals surface area contributed by atoms with Crippen molar-refractivity contribution >= 4 is 44.5 Å². The predicted molar refractivity (Wildman–Crippen MR) is 125 cm³/mol. The van der Waals surface area contributed by atoms with Crippen LogP contribution in [0.5, 0.6) is 0 Å². The molecule has 4 rings (SSSR count). The molecular formula is C22H24ClN3O3S2. The van der Waals surface area contributed by atoms with Gasteiger partial charge in [-0.2, -0.15) is 4.31 Å². The number of carbonyl (C=O) groups excluding carboxylic acids is 1. The second kappa shape index (κ2) is 9.73. The SMILES string of the molecule is O=C(c1ccc(S(=O)(=O)N2CCCCC2)cc1)N1CCN=C1SCc1ccccc1Cl. The second-order valence-electron chi connectivity index (χ2n) is 7.49. The Hall–Kier alpha value is -1.87. The quantitative estimate of drug-likeness (QED) is 0.645. The fourth-order valence-corrected chi connectivity index (χ4v) is 6.52. The van der Waals surface area contributed by atoms with Crippen LogP contribution in [0.25, 0.3) is 0 Å². The van der Waals surface area contributed by atoms with Gasteiger partial charge in [-0.15, -0.1) is 0 Å². The molecule has 1 fully saturated rings. The molecule has 0 aliphatic carbocycles. The van der Waals surface area contributed by atoms with Crippen molar-refractivity contribution in [1.82, 2.24) is 9.21 Å². The summed E-state index contributed by atoms with van der Waals surface area (Å²) in [6.07, 6.45) is 2.84. The van der Waals surface area contributed by atoms with Crippen LogP contribution in [0.15, 0.2) is 58.4 Å². The van der Waals surface area contributed by atoms with E-state index in [-0.39, 0.29) is 10.8 Å². The largest absolute Gasteiger partial charge is 0.286 e. The van der Waals surface area contributed by atoms with Gasteiger partial charge in [-0.3, -0.25) is 14.7 Å². The van der Waals surface area contributed by atoms with E-state index in [1.54, 1.807) is 17.0 Å². The van der Waals surface area contributed by atoms with Crippen LogP contribution in [0.3, 0.4) is 0 Å². The third-order valence-electron chi connectivity index (χ3n) is 5.42. The molecule has 2 heterocycles. The third-order valence-corrected chi connectivity index (χ3v) is 8.76. The second-order valence-corrected chi connectivity index (χ2v) is 10.8. The van der Waals surface area contributed by atoms with Gasteiger partial charge in [0.25, 0.3) is 5.91 Å². The summed E-state index contributed by atoms with van der Waals surface area (Å²) in [5.74, 6) is 0.444.